The summed E-state index contributed by atoms with van der Waals surface area (Å²) in [6, 6.07) is 4.83. The highest BCUT2D eigenvalue weighted by molar-refractivity contribution is 5.09. The lowest BCUT2D eigenvalue weighted by Gasteiger charge is -2.39. The second kappa shape index (κ2) is 6.10. The molecule has 1 aromatic heterocycles. The van der Waals surface area contributed by atoms with Crippen LogP contribution in [0.2, 0.25) is 0 Å². The van der Waals surface area contributed by atoms with Crippen LogP contribution in [0.25, 0.3) is 0 Å². The molecule has 0 bridgehead atoms. The van der Waals surface area contributed by atoms with Gasteiger partial charge in [-0.2, -0.15) is 0 Å². The Bertz CT molecular complexity index is 327. The lowest BCUT2D eigenvalue weighted by molar-refractivity contribution is 0.0910. The molecule has 1 fully saturated rings. The zero-order valence-electron chi connectivity index (χ0n) is 10.8. The molecule has 1 aliphatic heterocycles. The van der Waals surface area contributed by atoms with Crippen molar-refractivity contribution < 1.29 is 0 Å². The van der Waals surface area contributed by atoms with Crippen LogP contribution in [0.5, 0.6) is 0 Å². The van der Waals surface area contributed by atoms with Gasteiger partial charge in [-0.15, -0.1) is 0 Å². The summed E-state index contributed by atoms with van der Waals surface area (Å²) in [5.74, 6) is 0. The Labute approximate surface area is 104 Å². The number of nitrogens with one attached hydrogen (secondary N) is 1. The summed E-state index contributed by atoms with van der Waals surface area (Å²) in [5.41, 5.74) is 1.35. The fourth-order valence-corrected chi connectivity index (χ4v) is 2.36. The van der Waals surface area contributed by atoms with E-state index in [1.807, 2.05) is 19.4 Å². The standard InChI is InChI=1S/C13H22N4/c1-14-9-13-11-17(8-7-16(13)2)10-12-3-5-15-6-4-12/h3-6,13-14H,7-11H2,1-2H3. The van der Waals surface area contributed by atoms with Gasteiger partial charge in [0.25, 0.3) is 0 Å². The third kappa shape index (κ3) is 3.49. The van der Waals surface area contributed by atoms with Crippen molar-refractivity contribution in [1.29, 1.82) is 0 Å². The smallest absolute Gasteiger partial charge is 0.0345 e. The molecule has 0 saturated carbocycles. The van der Waals surface area contributed by atoms with Crippen molar-refractivity contribution in [3.8, 4) is 0 Å². The van der Waals surface area contributed by atoms with Gasteiger partial charge in [0.2, 0.25) is 0 Å². The maximum atomic E-state index is 4.06. The van der Waals surface area contributed by atoms with Crippen molar-refractivity contribution in [1.82, 2.24) is 20.1 Å². The highest BCUT2D eigenvalue weighted by Gasteiger charge is 2.23. The van der Waals surface area contributed by atoms with Crippen LogP contribution in [0.3, 0.4) is 0 Å². The van der Waals surface area contributed by atoms with Crippen molar-refractivity contribution in [2.24, 2.45) is 0 Å². The van der Waals surface area contributed by atoms with Gasteiger partial charge in [-0.3, -0.25) is 14.8 Å². The number of rotatable bonds is 4. The summed E-state index contributed by atoms with van der Waals surface area (Å²) in [7, 11) is 4.24. The topological polar surface area (TPSA) is 31.4 Å². The van der Waals surface area contributed by atoms with E-state index in [9.17, 15) is 0 Å². The Hall–Kier alpha value is -0.970. The molecule has 0 aromatic carbocycles. The minimum atomic E-state index is 0.621. The Kier molecular flexibility index (Phi) is 4.48. The average molecular weight is 234 g/mol. The summed E-state index contributed by atoms with van der Waals surface area (Å²) in [6.07, 6.45) is 3.74. The van der Waals surface area contributed by atoms with Gasteiger partial charge in [-0.05, 0) is 31.8 Å². The van der Waals surface area contributed by atoms with Gasteiger partial charge >= 0.3 is 0 Å². The van der Waals surface area contributed by atoms with E-state index in [1.54, 1.807) is 0 Å². The summed E-state index contributed by atoms with van der Waals surface area (Å²) in [5, 5.41) is 3.27. The van der Waals surface area contributed by atoms with Gasteiger partial charge in [-0.25, -0.2) is 0 Å². The maximum absolute atomic E-state index is 4.06. The van der Waals surface area contributed by atoms with Gasteiger partial charge in [-0.1, -0.05) is 0 Å². The predicted molar refractivity (Wildman–Crippen MR) is 69.9 cm³/mol. The molecule has 1 aromatic rings. The number of piperazine rings is 1. The average Bonchev–Trinajstić information content (AvgIpc) is 2.35. The predicted octanol–water partition coefficient (Wildman–Crippen LogP) is 0.417. The highest BCUT2D eigenvalue weighted by atomic mass is 15.3. The third-order valence-corrected chi connectivity index (χ3v) is 3.46. The van der Waals surface area contributed by atoms with Crippen molar-refractivity contribution >= 4 is 0 Å². The second-order valence-electron chi connectivity index (χ2n) is 4.78. The summed E-state index contributed by atoms with van der Waals surface area (Å²) < 4.78 is 0. The first-order valence-corrected chi connectivity index (χ1v) is 6.25. The molecule has 4 nitrogen and oxygen atoms in total. The van der Waals surface area contributed by atoms with Crippen LogP contribution in [0.15, 0.2) is 24.5 Å². The Morgan fingerprint density at radius 3 is 2.82 bits per heavy atom. The molecule has 1 atom stereocenters. The fraction of sp³-hybridized carbons (Fsp3) is 0.615. The molecule has 1 unspecified atom stereocenters. The molecule has 2 heterocycles. The zero-order valence-corrected chi connectivity index (χ0v) is 10.8. The molecule has 0 spiro atoms. The molecule has 1 N–H and O–H groups in total. The van der Waals surface area contributed by atoms with E-state index in [-0.39, 0.29) is 0 Å². The molecule has 4 heteroatoms. The highest BCUT2D eigenvalue weighted by Crippen LogP contribution is 2.10. The fourth-order valence-electron chi connectivity index (χ4n) is 2.36. The van der Waals surface area contributed by atoms with Crippen LogP contribution in [0.4, 0.5) is 0 Å². The third-order valence-electron chi connectivity index (χ3n) is 3.46. The van der Waals surface area contributed by atoms with Crippen LogP contribution < -0.4 is 5.32 Å². The number of nitrogens with zero attached hydrogens (tertiary/aromatic N) is 3. The monoisotopic (exact) mass is 234 g/mol. The van der Waals surface area contributed by atoms with E-state index in [1.165, 1.54) is 5.56 Å². The minimum Gasteiger partial charge on any atom is -0.318 e. The van der Waals surface area contributed by atoms with Gasteiger partial charge in [0.05, 0.1) is 0 Å². The SMILES string of the molecule is CNCC1CN(Cc2ccncc2)CCN1C. The number of pyridine rings is 1. The van der Waals surface area contributed by atoms with E-state index in [0.29, 0.717) is 6.04 Å². The van der Waals surface area contributed by atoms with Gasteiger partial charge in [0.1, 0.15) is 0 Å². The van der Waals surface area contributed by atoms with Crippen molar-refractivity contribution in [3.05, 3.63) is 30.1 Å². The molecule has 94 valence electrons. The van der Waals surface area contributed by atoms with Crippen LogP contribution >= 0.6 is 0 Å². The van der Waals surface area contributed by atoms with Crippen molar-refractivity contribution in [2.45, 2.75) is 12.6 Å². The molecule has 0 radical (unpaired) electrons. The van der Waals surface area contributed by atoms with Gasteiger partial charge in [0.15, 0.2) is 0 Å². The first kappa shape index (κ1) is 12.5. The van der Waals surface area contributed by atoms with E-state index in [4.69, 9.17) is 0 Å². The maximum Gasteiger partial charge on any atom is 0.0345 e. The van der Waals surface area contributed by atoms with Crippen LogP contribution in [0, 0.1) is 0 Å². The van der Waals surface area contributed by atoms with E-state index in [0.717, 1.165) is 32.7 Å². The van der Waals surface area contributed by atoms with Crippen LogP contribution in [-0.2, 0) is 6.54 Å². The lowest BCUT2D eigenvalue weighted by atomic mass is 10.1. The molecule has 0 amide bonds. The first-order chi connectivity index (χ1) is 8.29. The molecule has 17 heavy (non-hydrogen) atoms. The van der Waals surface area contributed by atoms with Crippen LogP contribution in [-0.4, -0.2) is 61.1 Å². The summed E-state index contributed by atoms with van der Waals surface area (Å²) in [4.78, 5) is 9.03. The molecule has 1 saturated heterocycles. The number of aromatic nitrogens is 1. The molecule has 1 aliphatic rings. The molecule has 2 rings (SSSR count). The normalized spacial score (nSPS) is 22.8. The number of hydrogen-bond donors (Lipinski definition) is 1. The van der Waals surface area contributed by atoms with Gasteiger partial charge in [0, 0.05) is 51.2 Å². The molecular formula is C13H22N4. The Morgan fingerprint density at radius 2 is 2.12 bits per heavy atom. The zero-order chi connectivity index (χ0) is 12.1. The summed E-state index contributed by atoms with van der Waals surface area (Å²) in [6.45, 7) is 5.54. The van der Waals surface area contributed by atoms with E-state index >= 15 is 0 Å². The number of hydrogen-bond acceptors (Lipinski definition) is 4. The van der Waals surface area contributed by atoms with Crippen LogP contribution in [0.1, 0.15) is 5.56 Å². The lowest BCUT2D eigenvalue weighted by Crippen LogP contribution is -2.54. The summed E-state index contributed by atoms with van der Waals surface area (Å²) >= 11 is 0. The van der Waals surface area contributed by atoms with Crippen molar-refractivity contribution in [3.63, 3.8) is 0 Å². The van der Waals surface area contributed by atoms with Gasteiger partial charge < -0.3 is 5.32 Å². The minimum absolute atomic E-state index is 0.621. The Balaban J connectivity index is 1.90. The van der Waals surface area contributed by atoms with E-state index < -0.39 is 0 Å². The van der Waals surface area contributed by atoms with E-state index in [2.05, 4.69) is 39.3 Å². The first-order valence-electron chi connectivity index (χ1n) is 6.25. The largest absolute Gasteiger partial charge is 0.318 e. The Morgan fingerprint density at radius 1 is 1.35 bits per heavy atom. The van der Waals surface area contributed by atoms with Crippen molar-refractivity contribution in [2.75, 3.05) is 40.3 Å². The quantitative estimate of drug-likeness (QED) is 0.818. The number of likely N-dealkylation sites (N-methyl/N-ethyl adjacent to an activating group) is 2. The molecular weight excluding hydrogens is 212 g/mol. The molecule has 0 aliphatic carbocycles. The second-order valence-corrected chi connectivity index (χ2v) is 4.78.